The maximum absolute atomic E-state index is 13.1. The summed E-state index contributed by atoms with van der Waals surface area (Å²) in [6, 6.07) is 14.3. The van der Waals surface area contributed by atoms with Crippen LogP contribution < -0.4 is 14.5 Å². The normalized spacial score (nSPS) is 28.8. The van der Waals surface area contributed by atoms with Crippen molar-refractivity contribution in [3.05, 3.63) is 66.2 Å². The van der Waals surface area contributed by atoms with Gasteiger partial charge < -0.3 is 9.64 Å². The zero-order valence-corrected chi connectivity index (χ0v) is 19.4. The van der Waals surface area contributed by atoms with Crippen molar-refractivity contribution in [2.45, 2.75) is 26.2 Å². The van der Waals surface area contributed by atoms with E-state index in [1.807, 2.05) is 24.3 Å². The van der Waals surface area contributed by atoms with E-state index in [2.05, 4.69) is 19.1 Å². The van der Waals surface area contributed by atoms with Crippen LogP contribution in [0.5, 0.6) is 5.75 Å². The van der Waals surface area contributed by atoms with Crippen LogP contribution in [0.25, 0.3) is 0 Å². The molecule has 3 amide bonds. The van der Waals surface area contributed by atoms with Crippen molar-refractivity contribution >= 4 is 35.1 Å². The fraction of sp³-hybridized carbons (Fsp3) is 0.357. The first-order valence-electron chi connectivity index (χ1n) is 12.2. The summed E-state index contributed by atoms with van der Waals surface area (Å²) in [5.74, 6) is -1.61. The second-order valence-electron chi connectivity index (χ2n) is 9.86. The number of anilines is 2. The molecule has 2 aromatic carbocycles. The highest BCUT2D eigenvalue weighted by atomic mass is 16.5. The van der Waals surface area contributed by atoms with Crippen molar-refractivity contribution in [1.82, 2.24) is 0 Å². The number of nitrogens with zero attached hydrogens (tertiary/aromatic N) is 2. The lowest BCUT2D eigenvalue weighted by Gasteiger charge is -2.18. The number of ether oxygens (including phenoxy) is 1. The predicted octanol–water partition coefficient (Wildman–Crippen LogP) is 3.52. The Labute approximate surface area is 203 Å². The minimum atomic E-state index is -0.590. The van der Waals surface area contributed by atoms with Crippen molar-refractivity contribution < 1.29 is 23.9 Å². The molecular formula is C28H26N2O5. The van der Waals surface area contributed by atoms with Gasteiger partial charge in [-0.25, -0.2) is 4.90 Å². The monoisotopic (exact) mass is 470 g/mol. The third kappa shape index (κ3) is 3.49. The average molecular weight is 471 g/mol. The molecule has 4 aliphatic rings. The van der Waals surface area contributed by atoms with Gasteiger partial charge in [-0.3, -0.25) is 19.2 Å². The molecule has 2 aliphatic heterocycles. The van der Waals surface area contributed by atoms with E-state index in [1.165, 1.54) is 10.5 Å². The number of carbonyl (C=O) groups is 4. The molecule has 7 nitrogen and oxygen atoms in total. The lowest BCUT2D eigenvalue weighted by Crippen LogP contribution is -2.32. The van der Waals surface area contributed by atoms with Crippen LogP contribution in [0.1, 0.15) is 25.3 Å². The van der Waals surface area contributed by atoms with Crippen LogP contribution in [0.15, 0.2) is 60.7 Å². The van der Waals surface area contributed by atoms with Gasteiger partial charge in [0.05, 0.1) is 23.4 Å². The average Bonchev–Trinajstić information content (AvgIpc) is 3.63. The van der Waals surface area contributed by atoms with Gasteiger partial charge in [0.15, 0.2) is 0 Å². The Morgan fingerprint density at radius 1 is 0.943 bits per heavy atom. The molecule has 2 heterocycles. The van der Waals surface area contributed by atoms with E-state index in [-0.39, 0.29) is 60.1 Å². The minimum Gasteiger partial charge on any atom is -0.426 e. The summed E-state index contributed by atoms with van der Waals surface area (Å²) in [5.41, 5.74) is 2.36. The van der Waals surface area contributed by atoms with E-state index < -0.39 is 11.9 Å². The van der Waals surface area contributed by atoms with E-state index in [0.717, 1.165) is 18.5 Å². The van der Waals surface area contributed by atoms with Crippen LogP contribution in [0.4, 0.5) is 11.4 Å². The number of aryl methyl sites for hydroxylation is 1. The summed E-state index contributed by atoms with van der Waals surface area (Å²) in [6.45, 7) is 2.32. The first kappa shape index (κ1) is 21.8. The van der Waals surface area contributed by atoms with E-state index in [9.17, 15) is 19.2 Å². The smallest absolute Gasteiger partial charge is 0.316 e. The van der Waals surface area contributed by atoms with Crippen molar-refractivity contribution in [3.63, 3.8) is 0 Å². The first-order chi connectivity index (χ1) is 16.9. The number of carbonyl (C=O) groups excluding carboxylic acids is 4. The zero-order chi connectivity index (χ0) is 24.3. The fourth-order valence-corrected chi connectivity index (χ4v) is 6.07. The number of hydrogen-bond acceptors (Lipinski definition) is 5. The molecule has 1 saturated carbocycles. The summed E-state index contributed by atoms with van der Waals surface area (Å²) < 4.78 is 5.61. The number of benzene rings is 2. The van der Waals surface area contributed by atoms with Gasteiger partial charge in [-0.1, -0.05) is 37.3 Å². The molecule has 178 valence electrons. The summed E-state index contributed by atoms with van der Waals surface area (Å²) in [7, 11) is 0. The molecule has 2 saturated heterocycles. The lowest BCUT2D eigenvalue weighted by atomic mass is 9.85. The Morgan fingerprint density at radius 2 is 1.63 bits per heavy atom. The minimum absolute atomic E-state index is 0.0796. The van der Waals surface area contributed by atoms with Gasteiger partial charge in [0, 0.05) is 24.7 Å². The highest BCUT2D eigenvalue weighted by molar-refractivity contribution is 6.22. The molecule has 2 bridgehead atoms. The van der Waals surface area contributed by atoms with Gasteiger partial charge in [0.2, 0.25) is 17.7 Å². The summed E-state index contributed by atoms with van der Waals surface area (Å²) >= 11 is 0. The van der Waals surface area contributed by atoms with Crippen molar-refractivity contribution in [2.75, 3.05) is 16.3 Å². The summed E-state index contributed by atoms with van der Waals surface area (Å²) in [4.78, 5) is 54.5. The van der Waals surface area contributed by atoms with E-state index in [1.54, 1.807) is 29.2 Å². The van der Waals surface area contributed by atoms with Gasteiger partial charge in [-0.2, -0.15) is 0 Å². The topological polar surface area (TPSA) is 84.0 Å². The second-order valence-corrected chi connectivity index (χ2v) is 9.86. The predicted molar refractivity (Wildman–Crippen MR) is 129 cm³/mol. The molecule has 0 radical (unpaired) electrons. The van der Waals surface area contributed by atoms with Crippen molar-refractivity contribution in [1.29, 1.82) is 0 Å². The Morgan fingerprint density at radius 3 is 2.29 bits per heavy atom. The SMILES string of the molecule is CCc1ccc(N2C[C@H](C(=O)Oc3cccc(N4C(=O)[C@@H]5[C@@H](C4=O)[C@H]4C=C[C@H]5C4)c3)CC2=O)cc1. The molecule has 0 N–H and O–H groups in total. The Balaban J connectivity index is 1.15. The van der Waals surface area contributed by atoms with Crippen LogP contribution in [-0.4, -0.2) is 30.2 Å². The fourth-order valence-electron chi connectivity index (χ4n) is 6.07. The maximum Gasteiger partial charge on any atom is 0.316 e. The van der Waals surface area contributed by atoms with Gasteiger partial charge in [-0.15, -0.1) is 0 Å². The molecule has 6 rings (SSSR count). The molecule has 7 heteroatoms. The summed E-state index contributed by atoms with van der Waals surface area (Å²) in [6.07, 6.45) is 5.98. The second kappa shape index (κ2) is 8.18. The molecule has 3 fully saturated rings. The number of imide groups is 1. The standard InChI is InChI=1S/C28H26N2O5/c1-2-16-6-10-20(11-7-16)29-15-19(13-23(29)31)28(34)35-22-5-3-4-21(14-22)30-26(32)24-17-8-9-18(12-17)25(24)27(30)33/h3-11,14,17-19,24-25H,2,12-13,15H2,1H3/t17-,18-,19+,24-,25-/m0/s1. The number of allylic oxidation sites excluding steroid dienone is 2. The number of fused-ring (bicyclic) bond motifs is 5. The third-order valence-corrected chi connectivity index (χ3v) is 7.88. The van der Waals surface area contributed by atoms with E-state index in [0.29, 0.717) is 5.69 Å². The third-order valence-electron chi connectivity index (χ3n) is 7.88. The van der Waals surface area contributed by atoms with Crippen molar-refractivity contribution in [3.8, 4) is 5.75 Å². The van der Waals surface area contributed by atoms with E-state index in [4.69, 9.17) is 4.74 Å². The Hall–Kier alpha value is -3.74. The largest absolute Gasteiger partial charge is 0.426 e. The van der Waals surface area contributed by atoms with Crippen molar-refractivity contribution in [2.24, 2.45) is 29.6 Å². The molecule has 2 aromatic rings. The van der Waals surface area contributed by atoms with Crippen LogP contribution >= 0.6 is 0 Å². The van der Waals surface area contributed by atoms with Gasteiger partial charge in [0.25, 0.3) is 0 Å². The van der Waals surface area contributed by atoms with E-state index >= 15 is 0 Å². The van der Waals surface area contributed by atoms with Crippen LogP contribution in [0.2, 0.25) is 0 Å². The molecule has 0 unspecified atom stereocenters. The molecule has 2 aliphatic carbocycles. The molecule has 0 spiro atoms. The van der Waals surface area contributed by atoms with Crippen LogP contribution in [0, 0.1) is 29.6 Å². The first-order valence-corrected chi connectivity index (χ1v) is 12.2. The number of esters is 1. The molecule has 0 aromatic heterocycles. The van der Waals surface area contributed by atoms with Crippen LogP contribution in [0.3, 0.4) is 0 Å². The number of amides is 3. The lowest BCUT2D eigenvalue weighted by molar-refractivity contribution is -0.139. The zero-order valence-electron chi connectivity index (χ0n) is 19.4. The quantitative estimate of drug-likeness (QED) is 0.289. The van der Waals surface area contributed by atoms with Gasteiger partial charge in [-0.05, 0) is 54.5 Å². The Bertz CT molecular complexity index is 1240. The Kier molecular flexibility index (Phi) is 5.09. The van der Waals surface area contributed by atoms with Crippen LogP contribution in [-0.2, 0) is 25.6 Å². The summed E-state index contributed by atoms with van der Waals surface area (Å²) in [5, 5.41) is 0. The maximum atomic E-state index is 13.1. The van der Waals surface area contributed by atoms with Gasteiger partial charge in [0.1, 0.15) is 5.75 Å². The van der Waals surface area contributed by atoms with Gasteiger partial charge >= 0.3 is 5.97 Å². The highest BCUT2D eigenvalue weighted by Crippen LogP contribution is 2.53. The highest BCUT2D eigenvalue weighted by Gasteiger charge is 2.59. The number of rotatable bonds is 5. The molecule has 35 heavy (non-hydrogen) atoms. The number of hydrogen-bond donors (Lipinski definition) is 0. The molecular weight excluding hydrogens is 444 g/mol. The molecule has 5 atom stereocenters.